The molecule has 0 spiro atoms. The number of allylic oxidation sites excluding steroid dienone is 2. The van der Waals surface area contributed by atoms with Crippen LogP contribution in [0.3, 0.4) is 0 Å². The molecule has 3 heteroatoms. The lowest BCUT2D eigenvalue weighted by Gasteiger charge is -2.34. The van der Waals surface area contributed by atoms with Crippen molar-refractivity contribution in [1.29, 1.82) is 0 Å². The molecule has 0 radical (unpaired) electrons. The van der Waals surface area contributed by atoms with Gasteiger partial charge in [-0.25, -0.2) is 0 Å². The van der Waals surface area contributed by atoms with Crippen LogP contribution in [0.5, 0.6) is 0 Å². The normalized spacial score (nSPS) is 13.4. The first-order valence-electron chi connectivity index (χ1n) is 25.9. The van der Waals surface area contributed by atoms with Crippen LogP contribution in [-0.2, 0) is 0 Å². The summed E-state index contributed by atoms with van der Waals surface area (Å²) < 4.78 is 8.99. The number of rotatable bonds is 10. The smallest absolute Gasteiger partial charge is 0.143 e. The van der Waals surface area contributed by atoms with E-state index in [2.05, 4.69) is 289 Å². The Labute approximate surface area is 436 Å². The van der Waals surface area contributed by atoms with Crippen LogP contribution < -0.4 is 4.90 Å². The molecule has 1 aliphatic rings. The minimum Gasteiger partial charge on any atom is -0.455 e. The van der Waals surface area contributed by atoms with Gasteiger partial charge in [0.2, 0.25) is 0 Å². The molecule has 14 rings (SSSR count). The molecule has 0 N–H and O–H groups in total. The van der Waals surface area contributed by atoms with E-state index in [4.69, 9.17) is 4.42 Å². The second kappa shape index (κ2) is 18.7. The van der Waals surface area contributed by atoms with Crippen molar-refractivity contribution in [2.75, 3.05) is 4.90 Å². The van der Waals surface area contributed by atoms with Crippen molar-refractivity contribution >= 4 is 60.7 Å². The summed E-state index contributed by atoms with van der Waals surface area (Å²) in [5.74, 6) is 0. The van der Waals surface area contributed by atoms with Crippen LogP contribution in [0.25, 0.3) is 111 Å². The number of benzene rings is 11. The molecule has 0 fully saturated rings. The van der Waals surface area contributed by atoms with Gasteiger partial charge < -0.3 is 13.9 Å². The van der Waals surface area contributed by atoms with Crippen molar-refractivity contribution in [1.82, 2.24) is 4.57 Å². The van der Waals surface area contributed by atoms with E-state index in [1.807, 2.05) is 6.07 Å². The Morgan fingerprint density at radius 3 is 1.47 bits per heavy atom. The Bertz CT molecular complexity index is 4250. The van der Waals surface area contributed by atoms with E-state index >= 15 is 0 Å². The highest BCUT2D eigenvalue weighted by molar-refractivity contribution is 6.11. The maximum atomic E-state index is 6.56. The molecule has 2 aromatic heterocycles. The highest BCUT2D eigenvalue weighted by atomic mass is 16.3. The van der Waals surface area contributed by atoms with Crippen LogP contribution in [0.4, 0.5) is 11.4 Å². The zero-order chi connectivity index (χ0) is 49.7. The van der Waals surface area contributed by atoms with Gasteiger partial charge in [0.1, 0.15) is 11.2 Å². The predicted octanol–water partition coefficient (Wildman–Crippen LogP) is 19.6. The Morgan fingerprint density at radius 2 is 0.813 bits per heavy atom. The maximum absolute atomic E-state index is 6.56. The summed E-state index contributed by atoms with van der Waals surface area (Å²) in [6.45, 7) is 0. The molecule has 0 aliphatic heterocycles. The van der Waals surface area contributed by atoms with E-state index in [9.17, 15) is 0 Å². The van der Waals surface area contributed by atoms with E-state index in [1.165, 1.54) is 60.8 Å². The molecule has 2 heterocycles. The van der Waals surface area contributed by atoms with Gasteiger partial charge in [0.15, 0.2) is 0 Å². The number of aromatic nitrogens is 1. The van der Waals surface area contributed by atoms with Gasteiger partial charge in [-0.15, -0.1) is 0 Å². The summed E-state index contributed by atoms with van der Waals surface area (Å²) in [4.78, 5) is 2.51. The maximum Gasteiger partial charge on any atom is 0.143 e. The zero-order valence-corrected chi connectivity index (χ0v) is 41.2. The van der Waals surface area contributed by atoms with Crippen LogP contribution >= 0.6 is 0 Å². The molecule has 354 valence electrons. The third kappa shape index (κ3) is 7.85. The summed E-state index contributed by atoms with van der Waals surface area (Å²) in [6, 6.07) is 96.7. The number of hydrogen-bond donors (Lipinski definition) is 0. The van der Waals surface area contributed by atoms with Crippen molar-refractivity contribution in [3.8, 4) is 61.3 Å². The molecule has 0 amide bonds. The molecule has 0 saturated carbocycles. The zero-order valence-electron chi connectivity index (χ0n) is 41.2. The Balaban J connectivity index is 0.851. The second-order valence-electron chi connectivity index (χ2n) is 19.5. The first-order valence-corrected chi connectivity index (χ1v) is 25.9. The molecule has 13 aromatic rings. The fraction of sp³-hybridized carbons (Fsp3) is 0.0278. The number of hydrogen-bond acceptors (Lipinski definition) is 2. The largest absolute Gasteiger partial charge is 0.455 e. The standard InChI is InChI=1S/C72H50N2O/c1-2-18-49(19-3-1)50-36-38-51(39-37-50)54-20-16-21-57(48-54)73(56-46-42-53(43-47-56)59-23-5-7-25-61(59)66-30-17-31-67-65-29-11-15-35-71(65)75-72(66)67)55-44-40-52(41-45-55)58-22-4-6-24-60(58)62-26-8-12-32-68(62)74-69-33-13-9-27-63(69)64-28-10-14-34-70(64)74/h1-20,22-48,57H,21H2. The van der Waals surface area contributed by atoms with Gasteiger partial charge >= 0.3 is 0 Å². The number of nitrogens with zero attached hydrogens (tertiary/aromatic N) is 2. The van der Waals surface area contributed by atoms with Crippen molar-refractivity contribution < 1.29 is 4.42 Å². The summed E-state index contributed by atoms with van der Waals surface area (Å²) in [5, 5.41) is 4.77. The molecular formula is C72H50N2O. The van der Waals surface area contributed by atoms with E-state index in [-0.39, 0.29) is 6.04 Å². The summed E-state index contributed by atoms with van der Waals surface area (Å²) >= 11 is 0. The first kappa shape index (κ1) is 44.0. The monoisotopic (exact) mass is 958 g/mol. The SMILES string of the molecule is C1=CC(c2ccc(-c3ccccc3)cc2)=CC(N(c2ccc(-c3ccccc3-c3ccccc3-n3c4ccccc4c4ccccc43)cc2)c2ccc(-c3ccccc3-c3cccc4c3oc3ccccc34)cc2)C1. The molecule has 0 bridgehead atoms. The van der Waals surface area contributed by atoms with Gasteiger partial charge in [-0.1, -0.05) is 237 Å². The third-order valence-corrected chi connectivity index (χ3v) is 15.2. The molecule has 0 saturated heterocycles. The van der Waals surface area contributed by atoms with Crippen molar-refractivity contribution in [3.05, 3.63) is 291 Å². The molecule has 1 unspecified atom stereocenters. The number of furan rings is 1. The number of fused-ring (bicyclic) bond motifs is 6. The molecule has 3 nitrogen and oxygen atoms in total. The summed E-state index contributed by atoms with van der Waals surface area (Å²) in [6.07, 6.45) is 7.93. The van der Waals surface area contributed by atoms with Crippen LogP contribution in [0, 0.1) is 0 Å². The minimum absolute atomic E-state index is 0.0545. The van der Waals surface area contributed by atoms with Gasteiger partial charge in [-0.3, -0.25) is 0 Å². The fourth-order valence-electron chi connectivity index (χ4n) is 11.6. The van der Waals surface area contributed by atoms with E-state index in [0.717, 1.165) is 73.2 Å². The van der Waals surface area contributed by atoms with Gasteiger partial charge in [-0.05, 0) is 111 Å². The lowest BCUT2D eigenvalue weighted by atomic mass is 9.92. The molecule has 1 atom stereocenters. The Kier molecular flexibility index (Phi) is 11.0. The van der Waals surface area contributed by atoms with E-state index in [1.54, 1.807) is 0 Å². The van der Waals surface area contributed by atoms with E-state index < -0.39 is 0 Å². The topological polar surface area (TPSA) is 21.3 Å². The van der Waals surface area contributed by atoms with Crippen LogP contribution in [-0.4, -0.2) is 10.6 Å². The molecule has 1 aliphatic carbocycles. The fourth-order valence-corrected chi connectivity index (χ4v) is 11.6. The summed E-state index contributed by atoms with van der Waals surface area (Å²) in [7, 11) is 0. The number of anilines is 2. The Morgan fingerprint density at radius 1 is 0.347 bits per heavy atom. The lowest BCUT2D eigenvalue weighted by Crippen LogP contribution is -2.30. The van der Waals surface area contributed by atoms with Crippen molar-refractivity contribution in [2.24, 2.45) is 0 Å². The van der Waals surface area contributed by atoms with Crippen LogP contribution in [0.15, 0.2) is 290 Å². The second-order valence-corrected chi connectivity index (χ2v) is 19.5. The van der Waals surface area contributed by atoms with Gasteiger partial charge in [0, 0.05) is 44.0 Å². The van der Waals surface area contributed by atoms with Gasteiger partial charge in [0.05, 0.1) is 22.8 Å². The molecule has 75 heavy (non-hydrogen) atoms. The van der Waals surface area contributed by atoms with Crippen LogP contribution in [0.2, 0.25) is 0 Å². The molecular weight excluding hydrogens is 909 g/mol. The average molecular weight is 959 g/mol. The van der Waals surface area contributed by atoms with Gasteiger partial charge in [-0.2, -0.15) is 0 Å². The highest BCUT2D eigenvalue weighted by Crippen LogP contribution is 2.44. The first-order chi connectivity index (χ1) is 37.2. The number of para-hydroxylation sites is 5. The lowest BCUT2D eigenvalue weighted by molar-refractivity contribution is 0.670. The van der Waals surface area contributed by atoms with Crippen LogP contribution in [0.1, 0.15) is 12.0 Å². The average Bonchev–Trinajstić information content (AvgIpc) is 4.07. The van der Waals surface area contributed by atoms with Crippen molar-refractivity contribution in [2.45, 2.75) is 12.5 Å². The third-order valence-electron chi connectivity index (χ3n) is 15.2. The predicted molar refractivity (Wildman–Crippen MR) is 316 cm³/mol. The Hall–Kier alpha value is -9.70. The summed E-state index contributed by atoms with van der Waals surface area (Å²) in [5.41, 5.74) is 21.7. The minimum atomic E-state index is 0.0545. The quantitative estimate of drug-likeness (QED) is 0.136. The molecule has 11 aromatic carbocycles. The highest BCUT2D eigenvalue weighted by Gasteiger charge is 2.24. The van der Waals surface area contributed by atoms with Gasteiger partial charge in [0.25, 0.3) is 0 Å². The van der Waals surface area contributed by atoms with E-state index in [0.29, 0.717) is 0 Å². The van der Waals surface area contributed by atoms with Crippen molar-refractivity contribution in [3.63, 3.8) is 0 Å².